The number of allylic oxidation sites excluding steroid dienone is 4. The number of aliphatic carboxylic acids is 1. The van der Waals surface area contributed by atoms with Crippen LogP contribution in [0.2, 0.25) is 0 Å². The first kappa shape index (κ1) is 20.8. The second kappa shape index (κ2) is 8.38. The van der Waals surface area contributed by atoms with Gasteiger partial charge in [-0.3, -0.25) is 0 Å². The Hall–Kier alpha value is -3.41. The van der Waals surface area contributed by atoms with E-state index in [9.17, 15) is 19.1 Å². The number of hydrogen-bond donors (Lipinski definition) is 2. The quantitative estimate of drug-likeness (QED) is 0.700. The summed E-state index contributed by atoms with van der Waals surface area (Å²) in [5, 5.41) is 11.9. The van der Waals surface area contributed by atoms with Crippen LogP contribution in [0.25, 0.3) is 11.1 Å². The van der Waals surface area contributed by atoms with Gasteiger partial charge in [-0.25, -0.2) is 14.0 Å². The van der Waals surface area contributed by atoms with E-state index in [0.717, 1.165) is 22.3 Å². The van der Waals surface area contributed by atoms with Crippen LogP contribution in [-0.4, -0.2) is 35.5 Å². The Morgan fingerprint density at radius 2 is 1.71 bits per heavy atom. The third-order valence-electron chi connectivity index (χ3n) is 6.03. The number of ether oxygens (including phenoxy) is 1. The number of rotatable bonds is 6. The van der Waals surface area contributed by atoms with Crippen molar-refractivity contribution in [2.24, 2.45) is 5.92 Å². The van der Waals surface area contributed by atoms with Crippen LogP contribution in [-0.2, 0) is 9.53 Å². The van der Waals surface area contributed by atoms with Crippen LogP contribution < -0.4 is 5.32 Å². The number of alkyl halides is 1. The molecule has 0 aromatic heterocycles. The van der Waals surface area contributed by atoms with Crippen molar-refractivity contribution in [2.45, 2.75) is 31.0 Å². The van der Waals surface area contributed by atoms with Gasteiger partial charge in [-0.1, -0.05) is 66.8 Å². The van der Waals surface area contributed by atoms with E-state index < -0.39 is 29.7 Å². The van der Waals surface area contributed by atoms with Gasteiger partial charge in [0.05, 0.1) is 0 Å². The molecule has 5 nitrogen and oxygen atoms in total. The summed E-state index contributed by atoms with van der Waals surface area (Å²) >= 11 is 0. The first-order chi connectivity index (χ1) is 14.9. The van der Waals surface area contributed by atoms with Crippen LogP contribution in [0.1, 0.15) is 30.4 Å². The van der Waals surface area contributed by atoms with Crippen molar-refractivity contribution in [1.82, 2.24) is 5.32 Å². The van der Waals surface area contributed by atoms with Crippen molar-refractivity contribution in [3.8, 4) is 11.1 Å². The van der Waals surface area contributed by atoms with Crippen LogP contribution in [0.5, 0.6) is 0 Å². The summed E-state index contributed by atoms with van der Waals surface area (Å²) in [5.74, 6) is -2.01. The summed E-state index contributed by atoms with van der Waals surface area (Å²) in [6, 6.07) is 14.7. The molecule has 1 amide bonds. The molecule has 0 spiro atoms. The maximum absolute atomic E-state index is 14.7. The molecule has 6 heteroatoms. The minimum Gasteiger partial charge on any atom is -0.480 e. The highest BCUT2D eigenvalue weighted by Crippen LogP contribution is 2.44. The fourth-order valence-corrected chi connectivity index (χ4v) is 4.32. The van der Waals surface area contributed by atoms with E-state index in [-0.39, 0.29) is 18.9 Å². The summed E-state index contributed by atoms with van der Waals surface area (Å²) in [6.07, 6.45) is 5.38. The molecule has 2 unspecified atom stereocenters. The van der Waals surface area contributed by atoms with E-state index in [4.69, 9.17) is 4.74 Å². The predicted molar refractivity (Wildman–Crippen MR) is 116 cm³/mol. The van der Waals surface area contributed by atoms with Gasteiger partial charge < -0.3 is 15.2 Å². The smallest absolute Gasteiger partial charge is 0.407 e. The number of amides is 1. The minimum atomic E-state index is -1.68. The molecule has 0 bridgehead atoms. The third kappa shape index (κ3) is 4.24. The number of alkyl carbamates (subject to hydrolysis) is 1. The number of carboxylic acids is 1. The van der Waals surface area contributed by atoms with Gasteiger partial charge in [0, 0.05) is 11.8 Å². The zero-order valence-electron chi connectivity index (χ0n) is 17.1. The molecule has 2 N–H and O–H groups in total. The number of carbonyl (C=O) groups excluding carboxylic acids is 1. The first-order valence-electron chi connectivity index (χ1n) is 10.3. The second-order valence-electron chi connectivity index (χ2n) is 8.10. The highest BCUT2D eigenvalue weighted by Gasteiger charge is 2.36. The minimum absolute atomic E-state index is 0.0760. The Bertz CT molecular complexity index is 1010. The average Bonchev–Trinajstić information content (AvgIpc) is 3.07. The fraction of sp³-hybridized carbons (Fsp3) is 0.280. The molecule has 0 aliphatic heterocycles. The molecular weight excluding hydrogens is 397 g/mol. The van der Waals surface area contributed by atoms with Gasteiger partial charge in [-0.15, -0.1) is 0 Å². The SMILES string of the molecule is CC1(F)C=CC=CC1C[C@H](NC(=O)OCC1c2ccccc2-c2ccccc21)C(=O)O. The standard InChI is InChI=1S/C25H24FNO4/c1-25(26)13-7-6-8-16(25)14-22(23(28)29)27-24(30)31-15-21-19-11-4-2-9-17(19)18-10-3-5-12-20(18)21/h2-13,16,21-22H,14-15H2,1H3,(H,27,30)(H,28,29)/t16?,22-,25?/m0/s1. The molecule has 2 aromatic carbocycles. The molecular formula is C25H24FNO4. The highest BCUT2D eigenvalue weighted by atomic mass is 19.1. The Morgan fingerprint density at radius 1 is 1.10 bits per heavy atom. The van der Waals surface area contributed by atoms with Crippen LogP contribution in [0.15, 0.2) is 72.8 Å². The Balaban J connectivity index is 1.42. The fourth-order valence-electron chi connectivity index (χ4n) is 4.32. The van der Waals surface area contributed by atoms with Crippen LogP contribution >= 0.6 is 0 Å². The Kier molecular flexibility index (Phi) is 5.63. The van der Waals surface area contributed by atoms with Crippen molar-refractivity contribution < 1.29 is 23.8 Å². The molecule has 31 heavy (non-hydrogen) atoms. The number of carboxylic acid groups (broad SMARTS) is 1. The summed E-state index contributed by atoms with van der Waals surface area (Å²) in [6.45, 7) is 1.48. The van der Waals surface area contributed by atoms with E-state index >= 15 is 0 Å². The number of hydrogen-bond acceptors (Lipinski definition) is 3. The molecule has 160 valence electrons. The lowest BCUT2D eigenvalue weighted by molar-refractivity contribution is -0.139. The van der Waals surface area contributed by atoms with Crippen LogP contribution in [0.3, 0.4) is 0 Å². The summed E-state index contributed by atoms with van der Waals surface area (Å²) in [7, 11) is 0. The van der Waals surface area contributed by atoms with Crippen LogP contribution in [0, 0.1) is 5.92 Å². The summed E-state index contributed by atoms with van der Waals surface area (Å²) in [4.78, 5) is 24.1. The van der Waals surface area contributed by atoms with E-state index in [0.29, 0.717) is 0 Å². The zero-order valence-corrected chi connectivity index (χ0v) is 17.1. The molecule has 0 saturated carbocycles. The Labute approximate surface area is 180 Å². The average molecular weight is 421 g/mol. The van der Waals surface area contributed by atoms with Crippen LogP contribution in [0.4, 0.5) is 9.18 Å². The number of carbonyl (C=O) groups is 2. The first-order valence-corrected chi connectivity index (χ1v) is 10.3. The van der Waals surface area contributed by atoms with Crippen molar-refractivity contribution in [3.63, 3.8) is 0 Å². The van der Waals surface area contributed by atoms with Gasteiger partial charge in [0.25, 0.3) is 0 Å². The molecule has 2 aliphatic carbocycles. The topological polar surface area (TPSA) is 75.6 Å². The third-order valence-corrected chi connectivity index (χ3v) is 6.03. The number of nitrogens with one attached hydrogen (secondary N) is 1. The van der Waals surface area contributed by atoms with Gasteiger partial charge in [-0.05, 0) is 41.7 Å². The second-order valence-corrected chi connectivity index (χ2v) is 8.10. The maximum atomic E-state index is 14.7. The molecule has 0 fully saturated rings. The monoisotopic (exact) mass is 421 g/mol. The van der Waals surface area contributed by atoms with E-state index in [2.05, 4.69) is 5.32 Å². The zero-order chi connectivity index (χ0) is 22.0. The molecule has 3 atom stereocenters. The summed E-state index contributed by atoms with van der Waals surface area (Å²) < 4.78 is 20.1. The molecule has 0 radical (unpaired) electrons. The van der Waals surface area contributed by atoms with Crippen molar-refractivity contribution >= 4 is 12.1 Å². The largest absolute Gasteiger partial charge is 0.480 e. The number of fused-ring (bicyclic) bond motifs is 3. The summed E-state index contributed by atoms with van der Waals surface area (Å²) in [5.41, 5.74) is 2.67. The number of halogens is 1. The lowest BCUT2D eigenvalue weighted by atomic mass is 9.82. The van der Waals surface area contributed by atoms with E-state index in [1.165, 1.54) is 13.0 Å². The van der Waals surface area contributed by atoms with Gasteiger partial charge in [0.1, 0.15) is 18.3 Å². The van der Waals surface area contributed by atoms with Crippen molar-refractivity contribution in [2.75, 3.05) is 6.61 Å². The van der Waals surface area contributed by atoms with Gasteiger partial charge in [0.15, 0.2) is 0 Å². The lowest BCUT2D eigenvalue weighted by Crippen LogP contribution is -2.44. The molecule has 2 aromatic rings. The van der Waals surface area contributed by atoms with E-state index in [1.54, 1.807) is 18.2 Å². The van der Waals surface area contributed by atoms with Crippen molar-refractivity contribution in [1.29, 1.82) is 0 Å². The predicted octanol–water partition coefficient (Wildman–Crippen LogP) is 4.84. The van der Waals surface area contributed by atoms with E-state index in [1.807, 2.05) is 48.5 Å². The number of benzene rings is 2. The molecule has 2 aliphatic rings. The molecule has 0 heterocycles. The molecule has 4 rings (SSSR count). The maximum Gasteiger partial charge on any atom is 0.407 e. The Morgan fingerprint density at radius 3 is 2.29 bits per heavy atom. The van der Waals surface area contributed by atoms with Gasteiger partial charge in [0.2, 0.25) is 0 Å². The molecule has 0 saturated heterocycles. The van der Waals surface area contributed by atoms with Gasteiger partial charge >= 0.3 is 12.1 Å². The lowest BCUT2D eigenvalue weighted by Gasteiger charge is -2.29. The highest BCUT2D eigenvalue weighted by molar-refractivity contribution is 5.81. The normalized spacial score (nSPS) is 22.5. The van der Waals surface area contributed by atoms with Crippen molar-refractivity contribution in [3.05, 3.63) is 84.0 Å². The van der Waals surface area contributed by atoms with Gasteiger partial charge in [-0.2, -0.15) is 0 Å².